The Kier molecular flexibility index (Phi) is 5.71. The van der Waals surface area contributed by atoms with Crippen LogP contribution < -0.4 is 24.4 Å². The number of nitrogens with one attached hydrogen (secondary N) is 2. The molecule has 2 amide bonds. The largest absolute Gasteiger partial charge is 0.454 e. The molecule has 1 aliphatic carbocycles. The van der Waals surface area contributed by atoms with Crippen LogP contribution in [-0.4, -0.2) is 40.1 Å². The van der Waals surface area contributed by atoms with Gasteiger partial charge in [-0.2, -0.15) is 0 Å². The second kappa shape index (κ2) is 8.68. The lowest BCUT2D eigenvalue weighted by molar-refractivity contribution is -0.121. The number of carbonyl (C=O) groups is 2. The lowest BCUT2D eigenvalue weighted by Gasteiger charge is -2.17. The topological polar surface area (TPSA) is 114 Å². The van der Waals surface area contributed by atoms with E-state index in [1.165, 1.54) is 6.07 Å². The van der Waals surface area contributed by atoms with Crippen molar-refractivity contribution in [2.24, 2.45) is 5.92 Å². The second-order valence-electron chi connectivity index (χ2n) is 8.42. The summed E-state index contributed by atoms with van der Waals surface area (Å²) in [5.74, 6) is 1.31. The van der Waals surface area contributed by atoms with Crippen LogP contribution in [0.2, 0.25) is 0 Å². The number of ether oxygens (including phenoxy) is 2. The van der Waals surface area contributed by atoms with Crippen molar-refractivity contribution >= 4 is 27.5 Å². The maximum atomic E-state index is 12.7. The minimum Gasteiger partial charge on any atom is -0.454 e. The van der Waals surface area contributed by atoms with E-state index in [4.69, 9.17) is 9.47 Å². The van der Waals surface area contributed by atoms with Crippen LogP contribution in [0.5, 0.6) is 11.5 Å². The van der Waals surface area contributed by atoms with E-state index in [0.717, 1.165) is 29.7 Å². The molecular formula is C23H25N3O6S. The molecule has 174 valence electrons. The highest BCUT2D eigenvalue weighted by Crippen LogP contribution is 2.37. The molecule has 10 heteroatoms. The number of rotatable bonds is 8. The number of nitrogens with zero attached hydrogens (tertiary/aromatic N) is 1. The van der Waals surface area contributed by atoms with Crippen molar-refractivity contribution < 1.29 is 27.5 Å². The van der Waals surface area contributed by atoms with Crippen LogP contribution in [0.4, 0.5) is 5.69 Å². The van der Waals surface area contributed by atoms with Crippen molar-refractivity contribution in [3.8, 4) is 11.5 Å². The second-order valence-corrected chi connectivity index (χ2v) is 10.2. The van der Waals surface area contributed by atoms with Gasteiger partial charge in [0, 0.05) is 37.7 Å². The Bertz CT molecular complexity index is 1210. The number of benzene rings is 2. The van der Waals surface area contributed by atoms with E-state index in [-0.39, 0.29) is 42.4 Å². The third-order valence-electron chi connectivity index (χ3n) is 6.02. The fraction of sp³-hybridized carbons (Fsp3) is 0.391. The minimum absolute atomic E-state index is 0.0123. The Morgan fingerprint density at radius 2 is 1.88 bits per heavy atom. The highest BCUT2D eigenvalue weighted by Gasteiger charge is 2.36. The van der Waals surface area contributed by atoms with Crippen molar-refractivity contribution in [2.75, 3.05) is 24.8 Å². The van der Waals surface area contributed by atoms with Gasteiger partial charge in [-0.3, -0.25) is 9.59 Å². The molecule has 2 aromatic rings. The first kappa shape index (κ1) is 21.7. The number of amides is 2. The van der Waals surface area contributed by atoms with E-state index in [0.29, 0.717) is 31.0 Å². The fourth-order valence-electron chi connectivity index (χ4n) is 4.05. The third-order valence-corrected chi connectivity index (χ3v) is 7.48. The van der Waals surface area contributed by atoms with Gasteiger partial charge < -0.3 is 19.7 Å². The molecule has 0 aromatic heterocycles. The standard InChI is InChI=1S/C23H25N3O6S/c27-22(24-13-15-1-6-20-21(11-15)32-14-31-20)7-9-25-33(29,30)18-4-5-19-17(12-18)8-10-26(19)23(28)16-2-3-16/h1,4-6,11-12,16,25H,2-3,7-10,13-14H2,(H,24,27). The first-order chi connectivity index (χ1) is 15.9. The van der Waals surface area contributed by atoms with Crippen molar-refractivity contribution in [1.82, 2.24) is 10.0 Å². The van der Waals surface area contributed by atoms with Crippen molar-refractivity contribution in [2.45, 2.75) is 37.1 Å². The Balaban J connectivity index is 1.12. The van der Waals surface area contributed by atoms with Crippen molar-refractivity contribution in [3.05, 3.63) is 47.5 Å². The van der Waals surface area contributed by atoms with Gasteiger partial charge in [-0.1, -0.05) is 6.07 Å². The maximum Gasteiger partial charge on any atom is 0.240 e. The highest BCUT2D eigenvalue weighted by atomic mass is 32.2. The molecule has 0 radical (unpaired) electrons. The molecule has 2 N–H and O–H groups in total. The summed E-state index contributed by atoms with van der Waals surface area (Å²) in [4.78, 5) is 26.4. The highest BCUT2D eigenvalue weighted by molar-refractivity contribution is 7.89. The summed E-state index contributed by atoms with van der Waals surface area (Å²) in [6.45, 7) is 1.07. The van der Waals surface area contributed by atoms with Crippen molar-refractivity contribution in [3.63, 3.8) is 0 Å². The van der Waals surface area contributed by atoms with E-state index < -0.39 is 10.0 Å². The first-order valence-electron chi connectivity index (χ1n) is 11.0. The van der Waals surface area contributed by atoms with Gasteiger partial charge in [-0.25, -0.2) is 13.1 Å². The molecule has 5 rings (SSSR count). The van der Waals surface area contributed by atoms with Crippen LogP contribution in [-0.2, 0) is 32.6 Å². The van der Waals surface area contributed by atoms with E-state index in [9.17, 15) is 18.0 Å². The summed E-state index contributed by atoms with van der Waals surface area (Å²) < 4.78 is 38.4. The number of hydrogen-bond acceptors (Lipinski definition) is 6. The molecule has 0 spiro atoms. The third kappa shape index (κ3) is 4.67. The molecule has 2 aliphatic heterocycles. The Hall–Kier alpha value is -3.11. The summed E-state index contributed by atoms with van der Waals surface area (Å²) >= 11 is 0. The minimum atomic E-state index is -3.76. The molecule has 33 heavy (non-hydrogen) atoms. The van der Waals surface area contributed by atoms with E-state index in [1.807, 2.05) is 6.07 Å². The lowest BCUT2D eigenvalue weighted by atomic mass is 10.2. The van der Waals surface area contributed by atoms with Crippen molar-refractivity contribution in [1.29, 1.82) is 0 Å². The Labute approximate surface area is 192 Å². The smallest absolute Gasteiger partial charge is 0.240 e. The van der Waals surface area contributed by atoms with Crippen LogP contribution in [0, 0.1) is 5.92 Å². The Morgan fingerprint density at radius 1 is 1.06 bits per heavy atom. The molecule has 2 aromatic carbocycles. The predicted octanol–water partition coefficient (Wildman–Crippen LogP) is 1.70. The van der Waals surface area contributed by atoms with Crippen LogP contribution in [0.15, 0.2) is 41.3 Å². The molecule has 1 fully saturated rings. The molecule has 0 saturated heterocycles. The van der Waals surface area contributed by atoms with Gasteiger partial charge in [0.05, 0.1) is 4.90 Å². The average molecular weight is 472 g/mol. The number of sulfonamides is 1. The number of fused-ring (bicyclic) bond motifs is 2. The molecule has 3 aliphatic rings. The average Bonchev–Trinajstić information content (AvgIpc) is 3.40. The molecule has 9 nitrogen and oxygen atoms in total. The van der Waals surface area contributed by atoms with Gasteiger partial charge >= 0.3 is 0 Å². The van der Waals surface area contributed by atoms with E-state index >= 15 is 0 Å². The molecule has 0 bridgehead atoms. The molecule has 1 saturated carbocycles. The number of hydrogen-bond donors (Lipinski definition) is 2. The van der Waals surface area contributed by atoms with E-state index in [1.54, 1.807) is 29.2 Å². The van der Waals surface area contributed by atoms with Crippen LogP contribution in [0.3, 0.4) is 0 Å². The normalized spacial score (nSPS) is 16.5. The number of carbonyl (C=O) groups excluding carboxylic acids is 2. The zero-order valence-electron chi connectivity index (χ0n) is 18.0. The zero-order valence-corrected chi connectivity index (χ0v) is 18.8. The van der Waals surface area contributed by atoms with Gasteiger partial charge in [0.2, 0.25) is 28.6 Å². The number of anilines is 1. The predicted molar refractivity (Wildman–Crippen MR) is 119 cm³/mol. The molecule has 2 heterocycles. The van der Waals surface area contributed by atoms with Gasteiger partial charge in [-0.15, -0.1) is 0 Å². The van der Waals surface area contributed by atoms with Crippen LogP contribution in [0.1, 0.15) is 30.4 Å². The van der Waals surface area contributed by atoms with Gasteiger partial charge in [-0.05, 0) is 60.7 Å². The summed E-state index contributed by atoms with van der Waals surface area (Å²) in [6.07, 6.45) is 2.52. The monoisotopic (exact) mass is 471 g/mol. The summed E-state index contributed by atoms with van der Waals surface area (Å²) in [7, 11) is -3.76. The van der Waals surface area contributed by atoms with Crippen LogP contribution >= 0.6 is 0 Å². The lowest BCUT2D eigenvalue weighted by Crippen LogP contribution is -2.31. The fourth-order valence-corrected chi connectivity index (χ4v) is 5.13. The SMILES string of the molecule is O=C(CCNS(=O)(=O)c1ccc2c(c1)CCN2C(=O)C1CC1)NCc1ccc2c(c1)OCO2. The Morgan fingerprint density at radius 3 is 2.70 bits per heavy atom. The van der Waals surface area contributed by atoms with Crippen LogP contribution in [0.25, 0.3) is 0 Å². The summed E-state index contributed by atoms with van der Waals surface area (Å²) in [5.41, 5.74) is 2.52. The van der Waals surface area contributed by atoms with Gasteiger partial charge in [0.25, 0.3) is 0 Å². The maximum absolute atomic E-state index is 12.7. The summed E-state index contributed by atoms with van der Waals surface area (Å²) in [6, 6.07) is 10.3. The first-order valence-corrected chi connectivity index (χ1v) is 12.5. The molecule has 0 atom stereocenters. The molecule has 0 unspecified atom stereocenters. The van der Waals surface area contributed by atoms with Gasteiger partial charge in [0.15, 0.2) is 11.5 Å². The summed E-state index contributed by atoms with van der Waals surface area (Å²) in [5, 5.41) is 2.77. The van der Waals surface area contributed by atoms with E-state index in [2.05, 4.69) is 10.0 Å². The quantitative estimate of drug-likeness (QED) is 0.606. The van der Waals surface area contributed by atoms with Gasteiger partial charge in [0.1, 0.15) is 0 Å². The molecular weight excluding hydrogens is 446 g/mol. The zero-order chi connectivity index (χ0) is 23.0.